The molecule has 0 spiro atoms. The first-order chi connectivity index (χ1) is 7.90. The molecule has 0 aromatic heterocycles. The minimum absolute atomic E-state index is 0.0208. The summed E-state index contributed by atoms with van der Waals surface area (Å²) in [4.78, 5) is 11.8. The number of thiocarbonyl (C=S) groups is 1. The molecule has 0 saturated heterocycles. The molecule has 6 heteroatoms. The maximum atomic E-state index is 11.8. The number of rotatable bonds is 3. The molecule has 0 aliphatic rings. The first kappa shape index (κ1) is 13.9. The van der Waals surface area contributed by atoms with Gasteiger partial charge in [0, 0.05) is 4.47 Å². The van der Waals surface area contributed by atoms with Crippen LogP contribution in [-0.4, -0.2) is 17.1 Å². The lowest BCUT2D eigenvalue weighted by Gasteiger charge is -2.14. The van der Waals surface area contributed by atoms with E-state index in [1.807, 2.05) is 13.8 Å². The first-order valence-corrected chi connectivity index (χ1v) is 6.17. The second kappa shape index (κ2) is 5.97. The number of hydrogen-bond acceptors (Lipinski definition) is 3. The number of hydrogen-bond donors (Lipinski definition) is 2. The van der Waals surface area contributed by atoms with Crippen LogP contribution in [0, 0.1) is 0 Å². The van der Waals surface area contributed by atoms with E-state index in [1.165, 1.54) is 0 Å². The Hall–Kier alpha value is -1.14. The van der Waals surface area contributed by atoms with Crippen molar-refractivity contribution < 1.29 is 9.53 Å². The van der Waals surface area contributed by atoms with Crippen LogP contribution in [0.4, 0.5) is 0 Å². The molecule has 1 aromatic carbocycles. The molecule has 3 N–H and O–H groups in total. The van der Waals surface area contributed by atoms with Crippen molar-refractivity contribution in [1.29, 1.82) is 0 Å². The van der Waals surface area contributed by atoms with E-state index < -0.39 is 0 Å². The van der Waals surface area contributed by atoms with Gasteiger partial charge in [-0.1, -0.05) is 15.9 Å². The minimum atomic E-state index is -0.380. The zero-order chi connectivity index (χ0) is 13.0. The average Bonchev–Trinajstić information content (AvgIpc) is 2.19. The normalized spacial score (nSPS) is 10.1. The maximum Gasteiger partial charge on any atom is 0.261 e. The van der Waals surface area contributed by atoms with Gasteiger partial charge in [0.25, 0.3) is 5.91 Å². The van der Waals surface area contributed by atoms with Crippen molar-refractivity contribution in [2.45, 2.75) is 20.0 Å². The fourth-order valence-corrected chi connectivity index (χ4v) is 1.67. The number of carbonyl (C=O) groups is 1. The third-order valence-electron chi connectivity index (χ3n) is 1.79. The molecule has 4 nitrogen and oxygen atoms in total. The van der Waals surface area contributed by atoms with Crippen LogP contribution in [0.2, 0.25) is 0 Å². The molecule has 0 heterocycles. The molecule has 1 amide bonds. The Bertz CT molecular complexity index is 449. The standard InChI is InChI=1S/C11H13BrN2O2S/c1-6(2)16-9-4-3-7(12)5-8(9)10(15)14-11(13)17/h3-6H,1-2H3,(H3,13,14,15,17). The predicted molar refractivity (Wildman–Crippen MR) is 74.2 cm³/mol. The van der Waals surface area contributed by atoms with Crippen LogP contribution in [0.25, 0.3) is 0 Å². The van der Waals surface area contributed by atoms with Crippen molar-refractivity contribution in [3.63, 3.8) is 0 Å². The predicted octanol–water partition coefficient (Wildman–Crippen LogP) is 2.21. The Kier molecular flexibility index (Phi) is 4.89. The van der Waals surface area contributed by atoms with E-state index in [0.717, 1.165) is 4.47 Å². The second-order valence-electron chi connectivity index (χ2n) is 3.63. The van der Waals surface area contributed by atoms with E-state index in [-0.39, 0.29) is 17.1 Å². The Morgan fingerprint density at radius 1 is 1.53 bits per heavy atom. The quantitative estimate of drug-likeness (QED) is 0.839. The molecule has 0 saturated carbocycles. The average molecular weight is 317 g/mol. The lowest BCUT2D eigenvalue weighted by atomic mass is 10.2. The van der Waals surface area contributed by atoms with Crippen molar-refractivity contribution in [2.75, 3.05) is 0 Å². The van der Waals surface area contributed by atoms with Gasteiger partial charge in [-0.2, -0.15) is 0 Å². The summed E-state index contributed by atoms with van der Waals surface area (Å²) in [7, 11) is 0. The number of benzene rings is 1. The van der Waals surface area contributed by atoms with E-state index in [2.05, 4.69) is 33.5 Å². The summed E-state index contributed by atoms with van der Waals surface area (Å²) in [5.41, 5.74) is 5.66. The molecule has 0 radical (unpaired) electrons. The van der Waals surface area contributed by atoms with Crippen molar-refractivity contribution in [3.8, 4) is 5.75 Å². The molecule has 0 unspecified atom stereocenters. The Morgan fingerprint density at radius 2 is 2.18 bits per heavy atom. The molecule has 0 aliphatic heterocycles. The summed E-state index contributed by atoms with van der Waals surface area (Å²) in [5.74, 6) is 0.117. The molecule has 0 fully saturated rings. The first-order valence-electron chi connectivity index (χ1n) is 4.97. The molecule has 92 valence electrons. The highest BCUT2D eigenvalue weighted by molar-refractivity contribution is 9.10. The summed E-state index contributed by atoms with van der Waals surface area (Å²) in [6.07, 6.45) is -0.0208. The van der Waals surface area contributed by atoms with Crippen LogP contribution in [0.15, 0.2) is 22.7 Å². The second-order valence-corrected chi connectivity index (χ2v) is 4.98. The van der Waals surface area contributed by atoms with Gasteiger partial charge in [-0.05, 0) is 44.3 Å². The molecule has 1 aromatic rings. The van der Waals surface area contributed by atoms with Gasteiger partial charge in [-0.25, -0.2) is 0 Å². The largest absolute Gasteiger partial charge is 0.490 e. The number of nitrogens with one attached hydrogen (secondary N) is 1. The van der Waals surface area contributed by atoms with E-state index >= 15 is 0 Å². The highest BCUT2D eigenvalue weighted by atomic mass is 79.9. The summed E-state index contributed by atoms with van der Waals surface area (Å²) in [6, 6.07) is 5.18. The highest BCUT2D eigenvalue weighted by Crippen LogP contribution is 2.24. The van der Waals surface area contributed by atoms with Crippen LogP contribution < -0.4 is 15.8 Å². The third kappa shape index (κ3) is 4.32. The minimum Gasteiger partial charge on any atom is -0.490 e. The molecule has 1 rings (SSSR count). The number of nitrogens with two attached hydrogens (primary N) is 1. The fourth-order valence-electron chi connectivity index (χ4n) is 1.22. The van der Waals surface area contributed by atoms with Crippen LogP contribution in [-0.2, 0) is 0 Å². The number of halogens is 1. The van der Waals surface area contributed by atoms with Crippen LogP contribution in [0.3, 0.4) is 0 Å². The molecule has 0 aliphatic carbocycles. The van der Waals surface area contributed by atoms with Gasteiger partial charge in [-0.15, -0.1) is 0 Å². The summed E-state index contributed by atoms with van der Waals surface area (Å²) < 4.78 is 6.32. The van der Waals surface area contributed by atoms with E-state index in [9.17, 15) is 4.79 Å². The molecule has 0 bridgehead atoms. The van der Waals surface area contributed by atoms with Gasteiger partial charge in [-0.3, -0.25) is 10.1 Å². The third-order valence-corrected chi connectivity index (χ3v) is 2.38. The van der Waals surface area contributed by atoms with Crippen LogP contribution in [0.1, 0.15) is 24.2 Å². The molecule has 0 atom stereocenters. The zero-order valence-corrected chi connectivity index (χ0v) is 11.9. The van der Waals surface area contributed by atoms with Crippen LogP contribution >= 0.6 is 28.1 Å². The van der Waals surface area contributed by atoms with E-state index in [4.69, 9.17) is 10.5 Å². The zero-order valence-electron chi connectivity index (χ0n) is 9.49. The van der Waals surface area contributed by atoms with Gasteiger partial charge in [0.15, 0.2) is 5.11 Å². The monoisotopic (exact) mass is 316 g/mol. The van der Waals surface area contributed by atoms with Gasteiger partial charge in [0.2, 0.25) is 0 Å². The fraction of sp³-hybridized carbons (Fsp3) is 0.273. The van der Waals surface area contributed by atoms with Gasteiger partial charge < -0.3 is 10.5 Å². The summed E-state index contributed by atoms with van der Waals surface area (Å²) in [6.45, 7) is 3.77. The van der Waals surface area contributed by atoms with Crippen molar-refractivity contribution in [1.82, 2.24) is 5.32 Å². The Balaban J connectivity index is 3.06. The molecular formula is C11H13BrN2O2S. The summed E-state index contributed by atoms with van der Waals surface area (Å²) >= 11 is 7.93. The van der Waals surface area contributed by atoms with Gasteiger partial charge >= 0.3 is 0 Å². The van der Waals surface area contributed by atoms with Crippen LogP contribution in [0.5, 0.6) is 5.75 Å². The SMILES string of the molecule is CC(C)Oc1ccc(Br)cc1C(=O)NC(N)=S. The Morgan fingerprint density at radius 3 is 2.71 bits per heavy atom. The molecular weight excluding hydrogens is 304 g/mol. The number of carbonyl (C=O) groups excluding carboxylic acids is 1. The van der Waals surface area contributed by atoms with Gasteiger partial charge in [0.05, 0.1) is 11.7 Å². The lowest BCUT2D eigenvalue weighted by Crippen LogP contribution is -2.35. The van der Waals surface area contributed by atoms with E-state index in [0.29, 0.717) is 11.3 Å². The Labute approximate surface area is 114 Å². The van der Waals surface area contributed by atoms with Crippen molar-refractivity contribution in [3.05, 3.63) is 28.2 Å². The maximum absolute atomic E-state index is 11.8. The molecule has 17 heavy (non-hydrogen) atoms. The van der Waals surface area contributed by atoms with Crippen molar-refractivity contribution in [2.24, 2.45) is 5.73 Å². The van der Waals surface area contributed by atoms with E-state index in [1.54, 1.807) is 18.2 Å². The van der Waals surface area contributed by atoms with Crippen molar-refractivity contribution >= 4 is 39.2 Å². The lowest BCUT2D eigenvalue weighted by molar-refractivity contribution is 0.0971. The topological polar surface area (TPSA) is 64.3 Å². The number of amides is 1. The van der Waals surface area contributed by atoms with Gasteiger partial charge in [0.1, 0.15) is 5.75 Å². The number of ether oxygens (including phenoxy) is 1. The summed E-state index contributed by atoms with van der Waals surface area (Å²) in [5, 5.41) is 2.31. The highest BCUT2D eigenvalue weighted by Gasteiger charge is 2.14. The smallest absolute Gasteiger partial charge is 0.261 e.